The third-order valence-electron chi connectivity index (χ3n) is 3.43. The van der Waals surface area contributed by atoms with E-state index in [2.05, 4.69) is 10.6 Å². The van der Waals surface area contributed by atoms with Gasteiger partial charge in [0.2, 0.25) is 0 Å². The zero-order chi connectivity index (χ0) is 16.8. The molecule has 0 atom stereocenters. The summed E-state index contributed by atoms with van der Waals surface area (Å²) in [6, 6.07) is 5.10. The molecule has 1 fully saturated rings. The van der Waals surface area contributed by atoms with Crippen molar-refractivity contribution in [3.8, 4) is 5.75 Å². The number of ether oxygens (including phenoxy) is 2. The fourth-order valence-electron chi connectivity index (χ4n) is 1.82. The van der Waals surface area contributed by atoms with E-state index in [1.54, 1.807) is 6.07 Å². The second kappa shape index (κ2) is 7.62. The minimum atomic E-state index is -0.678. The molecule has 0 aliphatic heterocycles. The van der Waals surface area contributed by atoms with Crippen molar-refractivity contribution in [2.24, 2.45) is 0 Å². The fourth-order valence-corrected chi connectivity index (χ4v) is 1.82. The van der Waals surface area contributed by atoms with Gasteiger partial charge in [-0.15, -0.1) is 0 Å². The van der Waals surface area contributed by atoms with E-state index >= 15 is 0 Å². The Balaban J connectivity index is 1.67. The number of esters is 1. The minimum Gasteiger partial charge on any atom is -0.482 e. The topological polar surface area (TPSA) is 93.7 Å². The Hall–Kier alpha value is -2.57. The first-order valence-corrected chi connectivity index (χ1v) is 7.40. The van der Waals surface area contributed by atoms with Crippen LogP contribution in [-0.2, 0) is 14.3 Å². The molecule has 1 aliphatic carbocycles. The van der Waals surface area contributed by atoms with Crippen molar-refractivity contribution in [1.29, 1.82) is 0 Å². The van der Waals surface area contributed by atoms with Crippen LogP contribution in [0.2, 0.25) is 0 Å². The van der Waals surface area contributed by atoms with Crippen molar-refractivity contribution in [3.05, 3.63) is 29.3 Å². The number of amides is 3. The average Bonchev–Trinajstić information content (AvgIpc) is 3.30. The smallest absolute Gasteiger partial charge is 0.344 e. The molecule has 0 aromatic heterocycles. The van der Waals surface area contributed by atoms with E-state index in [1.165, 1.54) is 0 Å². The highest BCUT2D eigenvalue weighted by atomic mass is 16.6. The standard InChI is InChI=1S/C16H20N2O5/c1-10-4-3-5-13(11(10)2)22-9-15(20)23-8-14(19)18-16(21)17-12-6-7-12/h3-5,12H,6-9H2,1-2H3,(H2,17,18,19,21). The molecule has 124 valence electrons. The van der Waals surface area contributed by atoms with Crippen molar-refractivity contribution in [3.63, 3.8) is 0 Å². The van der Waals surface area contributed by atoms with Gasteiger partial charge >= 0.3 is 12.0 Å². The van der Waals surface area contributed by atoms with E-state index in [0.717, 1.165) is 24.0 Å². The molecule has 1 aliphatic rings. The van der Waals surface area contributed by atoms with Gasteiger partial charge in [-0.3, -0.25) is 10.1 Å². The molecule has 0 unspecified atom stereocenters. The number of benzene rings is 1. The van der Waals surface area contributed by atoms with E-state index in [-0.39, 0.29) is 12.6 Å². The first-order chi connectivity index (χ1) is 11.0. The zero-order valence-corrected chi connectivity index (χ0v) is 13.2. The maximum atomic E-state index is 11.6. The van der Waals surface area contributed by atoms with Crippen LogP contribution in [0.4, 0.5) is 4.79 Å². The number of aryl methyl sites for hydroxylation is 1. The number of rotatable bonds is 6. The summed E-state index contributed by atoms with van der Waals surface area (Å²) in [4.78, 5) is 34.3. The van der Waals surface area contributed by atoms with Gasteiger partial charge in [0.1, 0.15) is 5.75 Å². The van der Waals surface area contributed by atoms with Gasteiger partial charge in [0.05, 0.1) is 0 Å². The highest BCUT2D eigenvalue weighted by Gasteiger charge is 2.24. The monoisotopic (exact) mass is 320 g/mol. The van der Waals surface area contributed by atoms with Crippen LogP contribution >= 0.6 is 0 Å². The Kier molecular flexibility index (Phi) is 5.56. The van der Waals surface area contributed by atoms with Crippen LogP contribution in [0.3, 0.4) is 0 Å². The van der Waals surface area contributed by atoms with Gasteiger partial charge in [-0.1, -0.05) is 12.1 Å². The summed E-state index contributed by atoms with van der Waals surface area (Å²) in [5.74, 6) is -0.762. The third-order valence-corrected chi connectivity index (χ3v) is 3.43. The van der Waals surface area contributed by atoms with Gasteiger partial charge < -0.3 is 14.8 Å². The number of carbonyl (C=O) groups is 3. The molecule has 1 aromatic rings. The number of hydrogen-bond acceptors (Lipinski definition) is 5. The maximum absolute atomic E-state index is 11.6. The van der Waals surface area contributed by atoms with Crippen molar-refractivity contribution in [1.82, 2.24) is 10.6 Å². The molecule has 7 nitrogen and oxygen atoms in total. The molecule has 1 aromatic carbocycles. The summed E-state index contributed by atoms with van der Waals surface area (Å²) in [7, 11) is 0. The minimum absolute atomic E-state index is 0.149. The summed E-state index contributed by atoms with van der Waals surface area (Å²) >= 11 is 0. The van der Waals surface area contributed by atoms with E-state index < -0.39 is 24.5 Å². The van der Waals surface area contributed by atoms with Gasteiger partial charge in [-0.2, -0.15) is 0 Å². The van der Waals surface area contributed by atoms with Crippen LogP contribution in [0.5, 0.6) is 5.75 Å². The first-order valence-electron chi connectivity index (χ1n) is 7.40. The lowest BCUT2D eigenvalue weighted by Crippen LogP contribution is -2.42. The van der Waals surface area contributed by atoms with Crippen molar-refractivity contribution >= 4 is 17.9 Å². The molecule has 1 saturated carbocycles. The van der Waals surface area contributed by atoms with Gasteiger partial charge in [0, 0.05) is 6.04 Å². The Morgan fingerprint density at radius 3 is 2.61 bits per heavy atom. The molecular formula is C16H20N2O5. The lowest BCUT2D eigenvalue weighted by Gasteiger charge is -2.10. The van der Waals surface area contributed by atoms with Crippen LogP contribution in [0.15, 0.2) is 18.2 Å². The van der Waals surface area contributed by atoms with Crippen LogP contribution in [0.25, 0.3) is 0 Å². The molecule has 0 heterocycles. The van der Waals surface area contributed by atoms with Gasteiger partial charge in [-0.05, 0) is 43.9 Å². The van der Waals surface area contributed by atoms with Crippen molar-refractivity contribution in [2.75, 3.05) is 13.2 Å². The highest BCUT2D eigenvalue weighted by Crippen LogP contribution is 2.20. The van der Waals surface area contributed by atoms with Crippen LogP contribution in [0, 0.1) is 13.8 Å². The van der Waals surface area contributed by atoms with E-state index in [0.29, 0.717) is 5.75 Å². The van der Waals surface area contributed by atoms with E-state index in [9.17, 15) is 14.4 Å². The summed E-state index contributed by atoms with van der Waals surface area (Å²) in [6.07, 6.45) is 1.85. The number of carbonyl (C=O) groups excluding carboxylic acids is 3. The molecule has 0 radical (unpaired) electrons. The van der Waals surface area contributed by atoms with Crippen LogP contribution in [-0.4, -0.2) is 37.2 Å². The predicted octanol–water partition coefficient (Wildman–Crippen LogP) is 1.21. The Bertz CT molecular complexity index is 610. The Labute approximate surface area is 134 Å². The number of nitrogens with one attached hydrogen (secondary N) is 2. The number of hydrogen-bond donors (Lipinski definition) is 2. The number of imide groups is 1. The molecule has 3 amide bonds. The highest BCUT2D eigenvalue weighted by molar-refractivity contribution is 5.95. The van der Waals surface area contributed by atoms with Gasteiger partial charge in [0.15, 0.2) is 13.2 Å². The molecule has 2 rings (SSSR count). The second-order valence-corrected chi connectivity index (χ2v) is 5.44. The summed E-state index contributed by atoms with van der Waals surface area (Å²) in [6.45, 7) is 3.01. The molecule has 2 N–H and O–H groups in total. The molecular weight excluding hydrogens is 300 g/mol. The Morgan fingerprint density at radius 1 is 1.17 bits per heavy atom. The Morgan fingerprint density at radius 2 is 1.91 bits per heavy atom. The third kappa shape index (κ3) is 5.61. The summed E-state index contributed by atoms with van der Waals surface area (Å²) < 4.78 is 10.1. The lowest BCUT2D eigenvalue weighted by atomic mass is 10.1. The first kappa shape index (κ1) is 16.8. The largest absolute Gasteiger partial charge is 0.482 e. The van der Waals surface area contributed by atoms with E-state index in [4.69, 9.17) is 9.47 Å². The van der Waals surface area contributed by atoms with Crippen LogP contribution < -0.4 is 15.4 Å². The van der Waals surface area contributed by atoms with Crippen molar-refractivity contribution in [2.45, 2.75) is 32.7 Å². The lowest BCUT2D eigenvalue weighted by molar-refractivity contribution is -0.150. The van der Waals surface area contributed by atoms with Gasteiger partial charge in [-0.25, -0.2) is 9.59 Å². The fraction of sp³-hybridized carbons (Fsp3) is 0.438. The van der Waals surface area contributed by atoms with Crippen LogP contribution in [0.1, 0.15) is 24.0 Å². The molecule has 0 saturated heterocycles. The van der Waals surface area contributed by atoms with E-state index in [1.807, 2.05) is 26.0 Å². The summed E-state index contributed by atoms with van der Waals surface area (Å²) in [5, 5.41) is 4.68. The average molecular weight is 320 g/mol. The molecule has 0 spiro atoms. The molecule has 23 heavy (non-hydrogen) atoms. The number of urea groups is 1. The maximum Gasteiger partial charge on any atom is 0.344 e. The van der Waals surface area contributed by atoms with Crippen molar-refractivity contribution < 1.29 is 23.9 Å². The van der Waals surface area contributed by atoms with Gasteiger partial charge in [0.25, 0.3) is 5.91 Å². The SMILES string of the molecule is Cc1cccc(OCC(=O)OCC(=O)NC(=O)NC2CC2)c1C. The predicted molar refractivity (Wildman–Crippen MR) is 82.1 cm³/mol. The zero-order valence-electron chi connectivity index (χ0n) is 13.2. The second-order valence-electron chi connectivity index (χ2n) is 5.44. The molecule has 0 bridgehead atoms. The normalized spacial score (nSPS) is 13.1. The molecule has 7 heteroatoms. The summed E-state index contributed by atoms with van der Waals surface area (Å²) in [5.41, 5.74) is 1.99. The quantitative estimate of drug-likeness (QED) is 0.769.